The fraction of sp³-hybridized carbons (Fsp3) is 0.0833. The summed E-state index contributed by atoms with van der Waals surface area (Å²) in [5.74, 6) is 0.865. The number of aromatic nitrogens is 2. The minimum Gasteiger partial charge on any atom is -0.497 e. The number of rotatable bonds is 1. The molecule has 0 aliphatic rings. The lowest BCUT2D eigenvalue weighted by Crippen LogP contribution is -1.83. The highest BCUT2D eigenvalue weighted by Gasteiger charge is 2.02. The molecule has 1 heterocycles. The first kappa shape index (κ1) is 8.29. The van der Waals surface area contributed by atoms with Gasteiger partial charge in [0.15, 0.2) is 0 Å². The number of benzene rings is 2. The molecule has 3 heteroatoms. The number of H-pyrrole nitrogens is 1. The van der Waals surface area contributed by atoms with Crippen molar-refractivity contribution in [1.29, 1.82) is 0 Å². The van der Waals surface area contributed by atoms with Crippen LogP contribution in [0.4, 0.5) is 0 Å². The van der Waals surface area contributed by atoms with Crippen molar-refractivity contribution in [2.75, 3.05) is 7.11 Å². The lowest BCUT2D eigenvalue weighted by atomic mass is 10.1. The predicted octanol–water partition coefficient (Wildman–Crippen LogP) is 2.72. The van der Waals surface area contributed by atoms with Gasteiger partial charge < -0.3 is 4.74 Å². The minimum absolute atomic E-state index is 0.865. The summed E-state index contributed by atoms with van der Waals surface area (Å²) < 4.78 is 5.21. The Morgan fingerprint density at radius 1 is 1.13 bits per heavy atom. The highest BCUT2D eigenvalue weighted by atomic mass is 16.5. The summed E-state index contributed by atoms with van der Waals surface area (Å²) in [4.78, 5) is 0. The molecule has 0 radical (unpaired) electrons. The second kappa shape index (κ2) is 2.98. The summed E-state index contributed by atoms with van der Waals surface area (Å²) in [6.45, 7) is 0. The molecule has 1 N–H and O–H groups in total. The number of ether oxygens (including phenoxy) is 1. The maximum atomic E-state index is 5.21. The van der Waals surface area contributed by atoms with Crippen molar-refractivity contribution < 1.29 is 4.74 Å². The van der Waals surface area contributed by atoms with Crippen molar-refractivity contribution in [3.8, 4) is 5.75 Å². The largest absolute Gasteiger partial charge is 0.497 e. The van der Waals surface area contributed by atoms with Gasteiger partial charge in [-0.3, -0.25) is 5.10 Å². The molecule has 0 saturated carbocycles. The van der Waals surface area contributed by atoms with Gasteiger partial charge in [0.1, 0.15) is 5.75 Å². The Morgan fingerprint density at radius 3 is 2.80 bits per heavy atom. The zero-order valence-corrected chi connectivity index (χ0v) is 8.32. The summed E-state index contributed by atoms with van der Waals surface area (Å²) in [6.07, 6.45) is 1.83. The van der Waals surface area contributed by atoms with Crippen LogP contribution in [0.2, 0.25) is 0 Å². The van der Waals surface area contributed by atoms with Crippen LogP contribution in [-0.2, 0) is 0 Å². The van der Waals surface area contributed by atoms with Crippen LogP contribution >= 0.6 is 0 Å². The number of aromatic amines is 1. The molecule has 1 aromatic heterocycles. The van der Waals surface area contributed by atoms with E-state index in [2.05, 4.69) is 28.4 Å². The second-order valence-corrected chi connectivity index (χ2v) is 3.49. The molecule has 74 valence electrons. The van der Waals surface area contributed by atoms with Gasteiger partial charge >= 0.3 is 0 Å². The maximum absolute atomic E-state index is 5.21. The molecule has 3 aromatic rings. The molecule has 0 aliphatic heterocycles. The Bertz CT molecular complexity index is 628. The van der Waals surface area contributed by atoms with Crippen molar-refractivity contribution in [2.45, 2.75) is 0 Å². The molecule has 0 spiro atoms. The van der Waals surface area contributed by atoms with Gasteiger partial charge in [-0.1, -0.05) is 18.2 Å². The van der Waals surface area contributed by atoms with E-state index in [-0.39, 0.29) is 0 Å². The second-order valence-electron chi connectivity index (χ2n) is 3.49. The van der Waals surface area contributed by atoms with Gasteiger partial charge in [0.2, 0.25) is 0 Å². The highest BCUT2D eigenvalue weighted by Crippen LogP contribution is 2.26. The van der Waals surface area contributed by atoms with Gasteiger partial charge in [0.05, 0.1) is 18.8 Å². The quantitative estimate of drug-likeness (QED) is 0.652. The molecule has 15 heavy (non-hydrogen) atoms. The summed E-state index contributed by atoms with van der Waals surface area (Å²) in [6, 6.07) is 10.2. The molecular weight excluding hydrogens is 188 g/mol. The van der Waals surface area contributed by atoms with Crippen molar-refractivity contribution in [1.82, 2.24) is 10.2 Å². The minimum atomic E-state index is 0.865. The van der Waals surface area contributed by atoms with Crippen molar-refractivity contribution in [2.24, 2.45) is 0 Å². The van der Waals surface area contributed by atoms with Crippen LogP contribution < -0.4 is 4.74 Å². The molecule has 0 unspecified atom stereocenters. The molecule has 0 saturated heterocycles. The number of methoxy groups -OCH3 is 1. The molecule has 3 rings (SSSR count). The summed E-state index contributed by atoms with van der Waals surface area (Å²) in [5, 5.41) is 10.5. The van der Waals surface area contributed by atoms with Gasteiger partial charge in [-0.2, -0.15) is 5.10 Å². The number of nitrogens with zero attached hydrogens (tertiary/aromatic N) is 1. The van der Waals surface area contributed by atoms with E-state index < -0.39 is 0 Å². The predicted molar refractivity (Wildman–Crippen MR) is 60.2 cm³/mol. The third kappa shape index (κ3) is 1.16. The third-order valence-electron chi connectivity index (χ3n) is 2.64. The first-order valence-electron chi connectivity index (χ1n) is 4.78. The lowest BCUT2D eigenvalue weighted by molar-refractivity contribution is 0.415. The Balaban J connectivity index is 2.48. The van der Waals surface area contributed by atoms with E-state index in [1.165, 1.54) is 5.39 Å². The summed E-state index contributed by atoms with van der Waals surface area (Å²) in [5.41, 5.74) is 1.06. The lowest BCUT2D eigenvalue weighted by Gasteiger charge is -2.02. The van der Waals surface area contributed by atoms with Crippen molar-refractivity contribution in [3.05, 3.63) is 36.5 Å². The molecule has 0 fully saturated rings. The van der Waals surface area contributed by atoms with E-state index >= 15 is 0 Å². The Hall–Kier alpha value is -2.03. The van der Waals surface area contributed by atoms with Crippen LogP contribution in [-0.4, -0.2) is 17.3 Å². The third-order valence-corrected chi connectivity index (χ3v) is 2.64. The van der Waals surface area contributed by atoms with E-state index in [1.54, 1.807) is 7.11 Å². The zero-order valence-electron chi connectivity index (χ0n) is 8.32. The average Bonchev–Trinajstić information content (AvgIpc) is 2.76. The van der Waals surface area contributed by atoms with Crippen LogP contribution in [0.1, 0.15) is 0 Å². The van der Waals surface area contributed by atoms with Gasteiger partial charge in [0.25, 0.3) is 0 Å². The first-order chi connectivity index (χ1) is 7.38. The van der Waals surface area contributed by atoms with E-state index in [9.17, 15) is 0 Å². The average molecular weight is 198 g/mol. The van der Waals surface area contributed by atoms with Gasteiger partial charge in [-0.05, 0) is 17.5 Å². The van der Waals surface area contributed by atoms with Gasteiger partial charge in [0, 0.05) is 10.8 Å². The normalized spacial score (nSPS) is 11.0. The van der Waals surface area contributed by atoms with E-state index in [4.69, 9.17) is 4.74 Å². The number of hydrogen-bond donors (Lipinski definition) is 1. The van der Waals surface area contributed by atoms with Gasteiger partial charge in [-0.25, -0.2) is 0 Å². The molecular formula is C12H10N2O. The van der Waals surface area contributed by atoms with Crippen molar-refractivity contribution >= 4 is 21.7 Å². The van der Waals surface area contributed by atoms with Gasteiger partial charge in [-0.15, -0.1) is 0 Å². The van der Waals surface area contributed by atoms with Crippen LogP contribution in [0.3, 0.4) is 0 Å². The zero-order chi connectivity index (χ0) is 10.3. The SMILES string of the molecule is COc1ccc2ccc3cn[nH]c3c2c1. The van der Waals surface area contributed by atoms with E-state index in [1.807, 2.05) is 18.3 Å². The molecule has 0 bridgehead atoms. The Labute approximate surface area is 86.7 Å². The first-order valence-corrected chi connectivity index (χ1v) is 4.78. The van der Waals surface area contributed by atoms with E-state index in [0.717, 1.165) is 22.0 Å². The number of fused-ring (bicyclic) bond motifs is 3. The topological polar surface area (TPSA) is 37.9 Å². The van der Waals surface area contributed by atoms with Crippen molar-refractivity contribution in [3.63, 3.8) is 0 Å². The number of hydrogen-bond acceptors (Lipinski definition) is 2. The van der Waals surface area contributed by atoms with Crippen LogP contribution in [0.15, 0.2) is 36.5 Å². The molecule has 3 nitrogen and oxygen atoms in total. The van der Waals surface area contributed by atoms with E-state index in [0.29, 0.717) is 0 Å². The Morgan fingerprint density at radius 2 is 1.93 bits per heavy atom. The fourth-order valence-electron chi connectivity index (χ4n) is 1.84. The smallest absolute Gasteiger partial charge is 0.119 e. The number of nitrogens with one attached hydrogen (secondary N) is 1. The maximum Gasteiger partial charge on any atom is 0.119 e. The summed E-state index contributed by atoms with van der Waals surface area (Å²) in [7, 11) is 1.67. The van der Waals surface area contributed by atoms with Crippen LogP contribution in [0, 0.1) is 0 Å². The summed E-state index contributed by atoms with van der Waals surface area (Å²) >= 11 is 0. The molecule has 0 atom stereocenters. The molecule has 0 amide bonds. The molecule has 2 aromatic carbocycles. The van der Waals surface area contributed by atoms with Crippen LogP contribution in [0.5, 0.6) is 5.75 Å². The monoisotopic (exact) mass is 198 g/mol. The highest BCUT2D eigenvalue weighted by molar-refractivity contribution is 6.05. The van der Waals surface area contributed by atoms with Crippen LogP contribution in [0.25, 0.3) is 21.7 Å². The fourth-order valence-corrected chi connectivity index (χ4v) is 1.84. The molecule has 0 aliphatic carbocycles. The standard InChI is InChI=1S/C12H10N2O/c1-15-10-5-4-8-2-3-9-7-13-14-12(9)11(8)6-10/h2-7H,1H3,(H,13,14). The Kier molecular flexibility index (Phi) is 1.65.